The van der Waals surface area contributed by atoms with E-state index in [2.05, 4.69) is 71.7 Å². The zero-order valence-corrected chi connectivity index (χ0v) is 13.0. The summed E-state index contributed by atoms with van der Waals surface area (Å²) in [6, 6.07) is 20.4. The summed E-state index contributed by atoms with van der Waals surface area (Å²) in [5.41, 5.74) is 1.48. The minimum absolute atomic E-state index is 0.443. The van der Waals surface area contributed by atoms with Gasteiger partial charge in [-0.15, -0.1) is 0 Å². The van der Waals surface area contributed by atoms with Gasteiger partial charge in [-0.1, -0.05) is 48.5 Å². The molecule has 0 amide bonds. The minimum Gasteiger partial charge on any atom is -0.314 e. The van der Waals surface area contributed by atoms with Gasteiger partial charge >= 0.3 is 0 Å². The molecule has 3 aromatic rings. The minimum atomic E-state index is 0.443. The number of benzene rings is 3. The van der Waals surface area contributed by atoms with Crippen LogP contribution >= 0.6 is 0 Å². The van der Waals surface area contributed by atoms with Crippen molar-refractivity contribution >= 4 is 21.5 Å². The summed E-state index contributed by atoms with van der Waals surface area (Å²) in [5, 5.41) is 8.94. The van der Waals surface area contributed by atoms with Crippen molar-refractivity contribution in [2.45, 2.75) is 13.0 Å². The first-order chi connectivity index (χ1) is 10.8. The molecule has 1 heterocycles. The van der Waals surface area contributed by atoms with E-state index in [0.29, 0.717) is 6.04 Å². The zero-order chi connectivity index (χ0) is 14.9. The first-order valence-corrected chi connectivity index (χ1v) is 8.20. The molecule has 0 bridgehead atoms. The summed E-state index contributed by atoms with van der Waals surface area (Å²) in [5.74, 6) is 0. The lowest BCUT2D eigenvalue weighted by molar-refractivity contribution is 0.187. The number of hydrogen-bond donors (Lipinski definition) is 1. The molecule has 0 radical (unpaired) electrons. The zero-order valence-electron chi connectivity index (χ0n) is 13.0. The molecule has 1 aliphatic rings. The quantitative estimate of drug-likeness (QED) is 0.719. The van der Waals surface area contributed by atoms with Crippen molar-refractivity contribution in [3.8, 4) is 0 Å². The van der Waals surface area contributed by atoms with Gasteiger partial charge in [0.15, 0.2) is 0 Å². The Morgan fingerprint density at radius 1 is 0.864 bits per heavy atom. The van der Waals surface area contributed by atoms with Crippen molar-refractivity contribution < 1.29 is 0 Å². The number of piperazine rings is 1. The molecule has 0 aliphatic carbocycles. The van der Waals surface area contributed by atoms with Crippen molar-refractivity contribution in [1.82, 2.24) is 10.2 Å². The maximum Gasteiger partial charge on any atom is 0.0333 e. The third-order valence-corrected chi connectivity index (χ3v) is 4.93. The Kier molecular flexibility index (Phi) is 3.57. The molecule has 2 nitrogen and oxygen atoms in total. The number of hydrogen-bond acceptors (Lipinski definition) is 2. The molecule has 0 spiro atoms. The Bertz CT molecular complexity index is 749. The van der Waals surface area contributed by atoms with Gasteiger partial charge in [-0.3, -0.25) is 4.90 Å². The molecule has 1 atom stereocenters. The van der Waals surface area contributed by atoms with Gasteiger partial charge in [0.05, 0.1) is 0 Å². The summed E-state index contributed by atoms with van der Waals surface area (Å²) < 4.78 is 0. The number of nitrogens with zero attached hydrogens (tertiary/aromatic N) is 1. The van der Waals surface area contributed by atoms with Crippen LogP contribution in [-0.2, 0) is 0 Å². The average Bonchev–Trinajstić information content (AvgIpc) is 2.60. The molecule has 0 aromatic heterocycles. The first kappa shape index (κ1) is 13.7. The molecule has 1 aliphatic heterocycles. The van der Waals surface area contributed by atoms with Gasteiger partial charge in [0, 0.05) is 32.2 Å². The van der Waals surface area contributed by atoms with Crippen LogP contribution in [0.1, 0.15) is 18.5 Å². The van der Waals surface area contributed by atoms with E-state index in [1.165, 1.54) is 27.1 Å². The molecule has 0 saturated carbocycles. The highest BCUT2D eigenvalue weighted by Gasteiger charge is 2.21. The SMILES string of the molecule is C[C@H](c1c2ccccc2cc2ccccc12)N1CCNCC1. The average molecular weight is 290 g/mol. The molecule has 1 saturated heterocycles. The van der Waals surface area contributed by atoms with Crippen LogP contribution < -0.4 is 5.32 Å². The summed E-state index contributed by atoms with van der Waals surface area (Å²) in [4.78, 5) is 2.60. The molecular weight excluding hydrogens is 268 g/mol. The Morgan fingerprint density at radius 3 is 2.00 bits per heavy atom. The van der Waals surface area contributed by atoms with Crippen molar-refractivity contribution in [2.24, 2.45) is 0 Å². The fourth-order valence-corrected chi connectivity index (χ4v) is 3.75. The van der Waals surface area contributed by atoms with E-state index in [4.69, 9.17) is 0 Å². The van der Waals surface area contributed by atoms with Crippen molar-refractivity contribution in [1.29, 1.82) is 0 Å². The van der Waals surface area contributed by atoms with Crippen LogP contribution in [0.5, 0.6) is 0 Å². The van der Waals surface area contributed by atoms with Gasteiger partial charge in [0.1, 0.15) is 0 Å². The van der Waals surface area contributed by atoms with Gasteiger partial charge in [0.2, 0.25) is 0 Å². The van der Waals surface area contributed by atoms with Crippen LogP contribution in [0.25, 0.3) is 21.5 Å². The van der Waals surface area contributed by atoms with Gasteiger partial charge in [-0.05, 0) is 40.1 Å². The smallest absolute Gasteiger partial charge is 0.0333 e. The fraction of sp³-hybridized carbons (Fsp3) is 0.300. The van der Waals surface area contributed by atoms with E-state index in [9.17, 15) is 0 Å². The van der Waals surface area contributed by atoms with E-state index in [1.807, 2.05) is 0 Å². The summed E-state index contributed by atoms with van der Waals surface area (Å²) >= 11 is 0. The van der Waals surface area contributed by atoms with Crippen molar-refractivity contribution in [3.05, 3.63) is 60.2 Å². The Morgan fingerprint density at radius 2 is 1.41 bits per heavy atom. The normalized spacial score (nSPS) is 17.9. The van der Waals surface area contributed by atoms with E-state index >= 15 is 0 Å². The van der Waals surface area contributed by atoms with E-state index in [0.717, 1.165) is 26.2 Å². The largest absolute Gasteiger partial charge is 0.314 e. The standard InChI is InChI=1S/C20H22N2/c1-15(22-12-10-21-11-13-22)20-18-8-4-2-6-16(18)14-17-7-3-5-9-19(17)20/h2-9,14-15,21H,10-13H2,1H3/t15-/m1/s1. The summed E-state index contributed by atoms with van der Waals surface area (Å²) in [6.07, 6.45) is 0. The van der Waals surface area contributed by atoms with Crippen LogP contribution in [0, 0.1) is 0 Å². The van der Waals surface area contributed by atoms with E-state index in [-0.39, 0.29) is 0 Å². The second kappa shape index (κ2) is 5.71. The highest BCUT2D eigenvalue weighted by molar-refractivity contribution is 6.02. The second-order valence-electron chi connectivity index (χ2n) is 6.19. The van der Waals surface area contributed by atoms with Crippen molar-refractivity contribution in [3.63, 3.8) is 0 Å². The highest BCUT2D eigenvalue weighted by atomic mass is 15.2. The van der Waals surface area contributed by atoms with Crippen LogP contribution in [0.15, 0.2) is 54.6 Å². The Labute approximate surface area is 131 Å². The fourth-order valence-electron chi connectivity index (χ4n) is 3.75. The third-order valence-electron chi connectivity index (χ3n) is 4.93. The lowest BCUT2D eigenvalue weighted by Crippen LogP contribution is -2.44. The maximum atomic E-state index is 3.45. The van der Waals surface area contributed by atoms with Crippen LogP contribution in [-0.4, -0.2) is 31.1 Å². The van der Waals surface area contributed by atoms with E-state index < -0.39 is 0 Å². The summed E-state index contributed by atoms with van der Waals surface area (Å²) in [6.45, 7) is 6.79. The molecule has 1 N–H and O–H groups in total. The third kappa shape index (κ3) is 2.29. The molecule has 0 unspecified atom stereocenters. The molecule has 2 heteroatoms. The van der Waals surface area contributed by atoms with Crippen LogP contribution in [0.3, 0.4) is 0 Å². The number of nitrogens with one attached hydrogen (secondary N) is 1. The predicted molar refractivity (Wildman–Crippen MR) is 94.3 cm³/mol. The predicted octanol–water partition coefficient (Wildman–Crippen LogP) is 3.96. The van der Waals surface area contributed by atoms with Gasteiger partial charge in [-0.2, -0.15) is 0 Å². The molecule has 22 heavy (non-hydrogen) atoms. The monoisotopic (exact) mass is 290 g/mol. The first-order valence-electron chi connectivity index (χ1n) is 8.20. The lowest BCUT2D eigenvalue weighted by Gasteiger charge is -2.34. The van der Waals surface area contributed by atoms with Crippen LogP contribution in [0.4, 0.5) is 0 Å². The molecule has 1 fully saturated rings. The van der Waals surface area contributed by atoms with Crippen molar-refractivity contribution in [2.75, 3.05) is 26.2 Å². The van der Waals surface area contributed by atoms with Crippen LogP contribution in [0.2, 0.25) is 0 Å². The summed E-state index contributed by atoms with van der Waals surface area (Å²) in [7, 11) is 0. The topological polar surface area (TPSA) is 15.3 Å². The molecule has 3 aromatic carbocycles. The van der Waals surface area contributed by atoms with Gasteiger partial charge < -0.3 is 5.32 Å². The van der Waals surface area contributed by atoms with Gasteiger partial charge in [0.25, 0.3) is 0 Å². The Balaban J connectivity index is 1.95. The molecule has 4 rings (SSSR count). The Hall–Kier alpha value is -1.90. The maximum absolute atomic E-state index is 3.45. The van der Waals surface area contributed by atoms with E-state index in [1.54, 1.807) is 0 Å². The lowest BCUT2D eigenvalue weighted by atomic mass is 9.92. The number of rotatable bonds is 2. The van der Waals surface area contributed by atoms with Gasteiger partial charge in [-0.25, -0.2) is 0 Å². The highest BCUT2D eigenvalue weighted by Crippen LogP contribution is 2.35. The molecule has 112 valence electrons. The second-order valence-corrected chi connectivity index (χ2v) is 6.19. The molecular formula is C20H22N2. The number of fused-ring (bicyclic) bond motifs is 2.